The van der Waals surface area contributed by atoms with Crippen LogP contribution in [0.3, 0.4) is 0 Å². The van der Waals surface area contributed by atoms with Crippen LogP contribution in [0.15, 0.2) is 36.9 Å². The quantitative estimate of drug-likeness (QED) is 0.869. The molecule has 6 nitrogen and oxygen atoms in total. The number of aryl methyl sites for hydroxylation is 1. The molecular weight excluding hydrogens is 313 g/mol. The van der Waals surface area contributed by atoms with Gasteiger partial charge in [0.2, 0.25) is 5.60 Å². The Labute approximate surface area is 130 Å². The van der Waals surface area contributed by atoms with Crippen molar-refractivity contribution in [2.45, 2.75) is 18.2 Å². The van der Waals surface area contributed by atoms with Gasteiger partial charge in [0, 0.05) is 50.4 Å². The topological polar surface area (TPSA) is 80.0 Å². The lowest BCUT2D eigenvalue weighted by Gasteiger charge is -2.29. The minimum Gasteiger partial charge on any atom is -0.374 e. The van der Waals surface area contributed by atoms with Crippen LogP contribution in [0, 0.1) is 0 Å². The Hall–Kier alpha value is -2.42. The van der Waals surface area contributed by atoms with E-state index in [1.165, 1.54) is 44.0 Å². The van der Waals surface area contributed by atoms with E-state index in [1.807, 2.05) is 0 Å². The molecule has 2 heterocycles. The summed E-state index contributed by atoms with van der Waals surface area (Å²) in [6.07, 6.45) is -0.404. The normalized spacial score (nSPS) is 14.3. The molecule has 0 radical (unpaired) electrons. The van der Waals surface area contributed by atoms with E-state index in [-0.39, 0.29) is 12.1 Å². The highest BCUT2D eigenvalue weighted by molar-refractivity contribution is 5.93. The highest BCUT2D eigenvalue weighted by atomic mass is 19.4. The van der Waals surface area contributed by atoms with Gasteiger partial charge in [0.05, 0.1) is 0 Å². The fourth-order valence-corrected chi connectivity index (χ4v) is 2.11. The van der Waals surface area contributed by atoms with Crippen LogP contribution in [0.25, 0.3) is 0 Å². The predicted molar refractivity (Wildman–Crippen MR) is 74.3 cm³/mol. The van der Waals surface area contributed by atoms with Gasteiger partial charge in [-0.15, -0.1) is 0 Å². The number of imidazole rings is 1. The molecule has 23 heavy (non-hydrogen) atoms. The van der Waals surface area contributed by atoms with Crippen molar-refractivity contribution in [3.05, 3.63) is 48.3 Å². The van der Waals surface area contributed by atoms with Crippen LogP contribution >= 0.6 is 0 Å². The molecule has 1 unspecified atom stereocenters. The molecule has 0 aromatic carbocycles. The van der Waals surface area contributed by atoms with Crippen molar-refractivity contribution in [3.8, 4) is 0 Å². The maximum Gasteiger partial charge on any atom is 0.424 e. The number of alkyl halides is 3. The van der Waals surface area contributed by atoms with Gasteiger partial charge < -0.3 is 15.0 Å². The SMILES string of the molecule is Cn1ccnc1C(O)(CCNC(=O)c1ccncc1)C(F)(F)F. The van der Waals surface area contributed by atoms with E-state index in [0.29, 0.717) is 0 Å². The molecule has 0 saturated carbocycles. The number of halogens is 3. The maximum absolute atomic E-state index is 13.3. The van der Waals surface area contributed by atoms with Gasteiger partial charge in [0.1, 0.15) is 5.82 Å². The second-order valence-corrected chi connectivity index (χ2v) is 4.96. The Bertz CT molecular complexity index is 672. The zero-order valence-corrected chi connectivity index (χ0v) is 12.2. The summed E-state index contributed by atoms with van der Waals surface area (Å²) < 4.78 is 40.9. The molecule has 0 bridgehead atoms. The van der Waals surface area contributed by atoms with Gasteiger partial charge in [-0.05, 0) is 12.1 Å². The second kappa shape index (κ2) is 6.37. The molecule has 2 aromatic rings. The molecule has 2 N–H and O–H groups in total. The minimum atomic E-state index is -4.92. The number of rotatable bonds is 5. The average molecular weight is 328 g/mol. The van der Waals surface area contributed by atoms with Crippen molar-refractivity contribution in [1.82, 2.24) is 19.9 Å². The highest BCUT2D eigenvalue weighted by Gasteiger charge is 2.57. The zero-order chi connectivity index (χ0) is 17.1. The number of carbonyl (C=O) groups excluding carboxylic acids is 1. The summed E-state index contributed by atoms with van der Waals surface area (Å²) in [6, 6.07) is 2.87. The van der Waals surface area contributed by atoms with E-state index in [9.17, 15) is 23.1 Å². The summed E-state index contributed by atoms with van der Waals surface area (Å²) in [6.45, 7) is -0.371. The highest BCUT2D eigenvalue weighted by Crippen LogP contribution is 2.40. The third-order valence-corrected chi connectivity index (χ3v) is 3.37. The average Bonchev–Trinajstić information content (AvgIpc) is 2.93. The Morgan fingerprint density at radius 1 is 1.30 bits per heavy atom. The van der Waals surface area contributed by atoms with Crippen LogP contribution in [0.4, 0.5) is 13.2 Å². The van der Waals surface area contributed by atoms with Crippen LogP contribution in [0.1, 0.15) is 22.6 Å². The van der Waals surface area contributed by atoms with Crippen molar-refractivity contribution >= 4 is 5.91 Å². The van der Waals surface area contributed by atoms with Gasteiger partial charge in [0.15, 0.2) is 0 Å². The van der Waals surface area contributed by atoms with Crippen LogP contribution in [0.5, 0.6) is 0 Å². The first-order valence-electron chi connectivity index (χ1n) is 6.71. The molecule has 0 aliphatic rings. The van der Waals surface area contributed by atoms with Crippen molar-refractivity contribution in [2.24, 2.45) is 7.05 Å². The van der Waals surface area contributed by atoms with E-state index in [2.05, 4.69) is 15.3 Å². The molecule has 0 aliphatic carbocycles. The molecule has 0 fully saturated rings. The van der Waals surface area contributed by atoms with E-state index < -0.39 is 29.9 Å². The molecule has 0 saturated heterocycles. The lowest BCUT2D eigenvalue weighted by molar-refractivity contribution is -0.272. The Morgan fingerprint density at radius 2 is 1.96 bits per heavy atom. The summed E-state index contributed by atoms with van der Waals surface area (Å²) in [7, 11) is 1.36. The molecule has 9 heteroatoms. The number of nitrogens with one attached hydrogen (secondary N) is 1. The lowest BCUT2D eigenvalue weighted by Crippen LogP contribution is -2.46. The third kappa shape index (κ3) is 3.50. The van der Waals surface area contributed by atoms with Gasteiger partial charge in [-0.2, -0.15) is 13.2 Å². The number of aliphatic hydroxyl groups is 1. The fraction of sp³-hybridized carbons (Fsp3) is 0.357. The molecule has 124 valence electrons. The summed E-state index contributed by atoms with van der Waals surface area (Å²) in [5.41, 5.74) is -2.87. The van der Waals surface area contributed by atoms with E-state index in [4.69, 9.17) is 0 Å². The zero-order valence-electron chi connectivity index (χ0n) is 12.2. The molecule has 2 aromatic heterocycles. The van der Waals surface area contributed by atoms with E-state index in [0.717, 1.165) is 4.57 Å². The van der Waals surface area contributed by atoms with Gasteiger partial charge in [-0.1, -0.05) is 0 Å². The largest absolute Gasteiger partial charge is 0.424 e. The molecule has 0 aliphatic heterocycles. The van der Waals surface area contributed by atoms with E-state index >= 15 is 0 Å². The monoisotopic (exact) mass is 328 g/mol. The van der Waals surface area contributed by atoms with E-state index in [1.54, 1.807) is 0 Å². The van der Waals surface area contributed by atoms with Gasteiger partial charge in [-0.3, -0.25) is 9.78 Å². The Balaban J connectivity index is 2.09. The van der Waals surface area contributed by atoms with Crippen LogP contribution in [-0.4, -0.2) is 38.3 Å². The first-order valence-corrected chi connectivity index (χ1v) is 6.71. The minimum absolute atomic E-state index is 0.271. The van der Waals surface area contributed by atoms with Crippen LogP contribution in [-0.2, 0) is 12.6 Å². The standard InChI is InChI=1S/C14H15F3N4O2/c1-21-9-8-20-12(21)13(23,14(15,16)17)4-7-19-11(22)10-2-5-18-6-3-10/h2-3,5-6,8-9,23H,4,7H2,1H3,(H,19,22). The number of hydrogen-bond acceptors (Lipinski definition) is 4. The Kier molecular flexibility index (Phi) is 4.69. The first-order chi connectivity index (χ1) is 10.8. The summed E-state index contributed by atoms with van der Waals surface area (Å²) in [5.74, 6) is -1.07. The first kappa shape index (κ1) is 16.9. The number of pyridine rings is 1. The van der Waals surface area contributed by atoms with Crippen LogP contribution < -0.4 is 5.32 Å². The predicted octanol–water partition coefficient (Wildman–Crippen LogP) is 1.39. The maximum atomic E-state index is 13.3. The van der Waals surface area contributed by atoms with Gasteiger partial charge in [-0.25, -0.2) is 4.98 Å². The molecule has 0 spiro atoms. The fourth-order valence-electron chi connectivity index (χ4n) is 2.11. The number of nitrogens with zero attached hydrogens (tertiary/aromatic N) is 3. The summed E-state index contributed by atoms with van der Waals surface area (Å²) in [4.78, 5) is 19.1. The summed E-state index contributed by atoms with van der Waals surface area (Å²) >= 11 is 0. The third-order valence-electron chi connectivity index (χ3n) is 3.37. The molecule has 1 amide bonds. The van der Waals surface area contributed by atoms with Crippen molar-refractivity contribution in [1.29, 1.82) is 0 Å². The Morgan fingerprint density at radius 3 is 2.48 bits per heavy atom. The number of hydrogen-bond donors (Lipinski definition) is 2. The molecule has 2 rings (SSSR count). The summed E-state index contributed by atoms with van der Waals surface area (Å²) in [5, 5.41) is 12.4. The number of amides is 1. The lowest BCUT2D eigenvalue weighted by atomic mass is 9.97. The number of carbonyl (C=O) groups is 1. The number of aromatic nitrogens is 3. The second-order valence-electron chi connectivity index (χ2n) is 4.96. The molecule has 1 atom stereocenters. The van der Waals surface area contributed by atoms with Crippen LogP contribution in [0.2, 0.25) is 0 Å². The van der Waals surface area contributed by atoms with Crippen molar-refractivity contribution in [2.75, 3.05) is 6.54 Å². The van der Waals surface area contributed by atoms with Crippen molar-refractivity contribution in [3.63, 3.8) is 0 Å². The smallest absolute Gasteiger partial charge is 0.374 e. The van der Waals surface area contributed by atoms with Gasteiger partial charge in [0.25, 0.3) is 5.91 Å². The van der Waals surface area contributed by atoms with Gasteiger partial charge >= 0.3 is 6.18 Å². The molecular formula is C14H15F3N4O2. The van der Waals surface area contributed by atoms with Crippen molar-refractivity contribution < 1.29 is 23.1 Å².